The number of rotatable bonds is 0. The Kier molecular flexibility index (Phi) is 4.47. The molecular formula is C17H13ClSi. The van der Waals surface area contributed by atoms with Crippen molar-refractivity contribution in [3.8, 4) is 22.9 Å². The van der Waals surface area contributed by atoms with Crippen LogP contribution in [0.4, 0.5) is 0 Å². The molecule has 2 rings (SSSR count). The van der Waals surface area contributed by atoms with Crippen LogP contribution in [0.2, 0.25) is 6.55 Å². The Balaban J connectivity index is 2.16. The third kappa shape index (κ3) is 4.68. The van der Waals surface area contributed by atoms with E-state index in [-0.39, 0.29) is 0 Å². The molecule has 0 spiro atoms. The lowest BCUT2D eigenvalue weighted by Crippen LogP contribution is -2.17. The Labute approximate surface area is 120 Å². The standard InChI is InChI=1S/C17H13ClSi/c1-19(18,14-12-16-8-4-2-5-9-16)15-13-17-10-6-3-7-11-17/h2-11H,1H3. The molecule has 2 aromatic rings. The van der Waals surface area contributed by atoms with E-state index in [0.29, 0.717) is 0 Å². The van der Waals surface area contributed by atoms with E-state index in [1.807, 2.05) is 67.2 Å². The van der Waals surface area contributed by atoms with Gasteiger partial charge in [-0.2, -0.15) is 0 Å². The van der Waals surface area contributed by atoms with Crippen LogP contribution in [0.3, 0.4) is 0 Å². The lowest BCUT2D eigenvalue weighted by Gasteiger charge is -2.00. The smallest absolute Gasteiger partial charge is 0.133 e. The van der Waals surface area contributed by atoms with Gasteiger partial charge in [0.15, 0.2) is 0 Å². The molecule has 0 aliphatic carbocycles. The Morgan fingerprint density at radius 3 is 1.47 bits per heavy atom. The largest absolute Gasteiger partial charge is 0.305 e. The van der Waals surface area contributed by atoms with Crippen molar-refractivity contribution in [2.45, 2.75) is 6.55 Å². The van der Waals surface area contributed by atoms with Gasteiger partial charge in [-0.1, -0.05) is 59.3 Å². The highest BCUT2D eigenvalue weighted by molar-refractivity contribution is 7.28. The van der Waals surface area contributed by atoms with Gasteiger partial charge in [0.25, 0.3) is 0 Å². The molecule has 2 heteroatoms. The average Bonchev–Trinajstić information content (AvgIpc) is 2.46. The molecule has 0 nitrogen and oxygen atoms in total. The lowest BCUT2D eigenvalue weighted by atomic mass is 10.2. The van der Waals surface area contributed by atoms with Crippen molar-refractivity contribution in [2.75, 3.05) is 0 Å². The summed E-state index contributed by atoms with van der Waals surface area (Å²) in [6.45, 7) is 1.94. The monoisotopic (exact) mass is 280 g/mol. The fraction of sp³-hybridized carbons (Fsp3) is 0.0588. The van der Waals surface area contributed by atoms with E-state index in [0.717, 1.165) is 11.1 Å². The second-order valence-corrected chi connectivity index (χ2v) is 9.01. The first-order valence-corrected chi connectivity index (χ1v) is 9.52. The Bertz CT molecular complexity index is 593. The summed E-state index contributed by atoms with van der Waals surface area (Å²) in [7, 11) is -2.32. The molecule has 0 heterocycles. The van der Waals surface area contributed by atoms with Crippen LogP contribution in [0, 0.1) is 22.9 Å². The predicted octanol–water partition coefficient (Wildman–Crippen LogP) is 3.98. The van der Waals surface area contributed by atoms with Crippen molar-refractivity contribution in [1.82, 2.24) is 0 Å². The van der Waals surface area contributed by atoms with Crippen molar-refractivity contribution in [1.29, 1.82) is 0 Å². The van der Waals surface area contributed by atoms with Crippen LogP contribution in [-0.2, 0) is 0 Å². The molecule has 0 unspecified atom stereocenters. The fourth-order valence-electron chi connectivity index (χ4n) is 1.45. The molecule has 0 saturated heterocycles. The summed E-state index contributed by atoms with van der Waals surface area (Å²) in [5.41, 5.74) is 8.20. The van der Waals surface area contributed by atoms with E-state index in [1.54, 1.807) is 0 Å². The molecule has 0 fully saturated rings. The van der Waals surface area contributed by atoms with Gasteiger partial charge in [0, 0.05) is 11.1 Å². The van der Waals surface area contributed by atoms with E-state index >= 15 is 0 Å². The Morgan fingerprint density at radius 1 is 0.737 bits per heavy atom. The van der Waals surface area contributed by atoms with Crippen LogP contribution in [0.15, 0.2) is 60.7 Å². The van der Waals surface area contributed by atoms with Crippen molar-refractivity contribution in [3.05, 3.63) is 71.8 Å². The minimum atomic E-state index is -2.32. The van der Waals surface area contributed by atoms with Gasteiger partial charge >= 0.3 is 7.38 Å². The van der Waals surface area contributed by atoms with Crippen LogP contribution in [-0.4, -0.2) is 7.38 Å². The van der Waals surface area contributed by atoms with Crippen molar-refractivity contribution in [2.24, 2.45) is 0 Å². The van der Waals surface area contributed by atoms with Gasteiger partial charge < -0.3 is 0 Å². The predicted molar refractivity (Wildman–Crippen MR) is 84.1 cm³/mol. The zero-order valence-corrected chi connectivity index (χ0v) is 12.4. The second-order valence-electron chi connectivity index (χ2n) is 4.24. The third-order valence-electron chi connectivity index (χ3n) is 2.43. The molecule has 0 aromatic heterocycles. The normalized spacial score (nSPS) is 9.79. The van der Waals surface area contributed by atoms with Crippen LogP contribution < -0.4 is 0 Å². The molecule has 19 heavy (non-hydrogen) atoms. The quantitative estimate of drug-likeness (QED) is 0.389. The average molecular weight is 281 g/mol. The van der Waals surface area contributed by atoms with Crippen molar-refractivity contribution >= 4 is 18.5 Å². The molecular weight excluding hydrogens is 268 g/mol. The SMILES string of the molecule is C[Si](Cl)(C#Cc1ccccc1)C#Cc1ccccc1. The fourth-order valence-corrected chi connectivity index (χ4v) is 2.56. The Morgan fingerprint density at radius 2 is 1.11 bits per heavy atom. The van der Waals surface area contributed by atoms with Gasteiger partial charge in [0.05, 0.1) is 0 Å². The number of benzene rings is 2. The van der Waals surface area contributed by atoms with E-state index in [9.17, 15) is 0 Å². The van der Waals surface area contributed by atoms with Crippen molar-refractivity contribution in [3.63, 3.8) is 0 Å². The molecule has 92 valence electrons. The molecule has 0 aliphatic rings. The lowest BCUT2D eigenvalue weighted by molar-refractivity contribution is 1.65. The van der Waals surface area contributed by atoms with Gasteiger partial charge in [0.1, 0.15) is 0 Å². The summed E-state index contributed by atoms with van der Waals surface area (Å²) < 4.78 is 0. The Hall–Kier alpha value is -1.93. The summed E-state index contributed by atoms with van der Waals surface area (Å²) in [5.74, 6) is 6.20. The van der Waals surface area contributed by atoms with Gasteiger partial charge in [-0.3, -0.25) is 0 Å². The summed E-state index contributed by atoms with van der Waals surface area (Å²) >= 11 is 6.43. The van der Waals surface area contributed by atoms with Gasteiger partial charge in [0.2, 0.25) is 0 Å². The maximum Gasteiger partial charge on any atom is 0.305 e. The molecule has 2 aromatic carbocycles. The molecule has 0 saturated carbocycles. The first kappa shape index (κ1) is 13.5. The minimum absolute atomic E-state index is 0.975. The van der Waals surface area contributed by atoms with E-state index < -0.39 is 7.38 Å². The first-order valence-electron chi connectivity index (χ1n) is 6.01. The molecule has 0 bridgehead atoms. The van der Waals surface area contributed by atoms with Gasteiger partial charge in [-0.05, 0) is 30.8 Å². The second kappa shape index (κ2) is 6.30. The van der Waals surface area contributed by atoms with E-state index in [1.165, 1.54) is 0 Å². The molecule has 0 amide bonds. The van der Waals surface area contributed by atoms with E-state index in [2.05, 4.69) is 22.9 Å². The zero-order valence-electron chi connectivity index (χ0n) is 10.7. The molecule has 0 radical (unpaired) electrons. The van der Waals surface area contributed by atoms with Gasteiger partial charge in [-0.15, -0.1) is 11.1 Å². The number of halogens is 1. The summed E-state index contributed by atoms with van der Waals surface area (Å²) in [6.07, 6.45) is 0. The minimum Gasteiger partial charge on any atom is -0.133 e. The highest BCUT2D eigenvalue weighted by atomic mass is 35.6. The molecule has 0 aliphatic heterocycles. The highest BCUT2D eigenvalue weighted by Crippen LogP contribution is 2.07. The van der Waals surface area contributed by atoms with Crippen LogP contribution in [0.1, 0.15) is 11.1 Å². The summed E-state index contributed by atoms with van der Waals surface area (Å²) in [5, 5.41) is 0. The maximum absolute atomic E-state index is 6.43. The third-order valence-corrected chi connectivity index (χ3v) is 4.19. The van der Waals surface area contributed by atoms with E-state index in [4.69, 9.17) is 11.1 Å². The number of hydrogen-bond donors (Lipinski definition) is 0. The van der Waals surface area contributed by atoms with Crippen molar-refractivity contribution < 1.29 is 0 Å². The molecule has 0 N–H and O–H groups in total. The van der Waals surface area contributed by atoms with Crippen LogP contribution in [0.25, 0.3) is 0 Å². The summed E-state index contributed by atoms with van der Waals surface area (Å²) in [6, 6.07) is 19.7. The van der Waals surface area contributed by atoms with Crippen LogP contribution in [0.5, 0.6) is 0 Å². The first-order chi connectivity index (χ1) is 9.16. The summed E-state index contributed by atoms with van der Waals surface area (Å²) in [4.78, 5) is 0. The zero-order chi connectivity index (χ0) is 13.6. The van der Waals surface area contributed by atoms with Gasteiger partial charge in [-0.25, -0.2) is 0 Å². The highest BCUT2D eigenvalue weighted by Gasteiger charge is 2.18. The maximum atomic E-state index is 6.43. The topological polar surface area (TPSA) is 0 Å². The van der Waals surface area contributed by atoms with Crippen LogP contribution >= 0.6 is 11.1 Å². The number of hydrogen-bond acceptors (Lipinski definition) is 0. The molecule has 0 atom stereocenters.